The van der Waals surface area contributed by atoms with E-state index in [1.807, 2.05) is 4.90 Å². The van der Waals surface area contributed by atoms with Gasteiger partial charge in [-0.15, -0.1) is 0 Å². The molecule has 20 heavy (non-hydrogen) atoms. The summed E-state index contributed by atoms with van der Waals surface area (Å²) in [6.07, 6.45) is 3.59. The van der Waals surface area contributed by atoms with Gasteiger partial charge >= 0.3 is 5.96 Å². The van der Waals surface area contributed by atoms with Crippen molar-refractivity contribution in [1.29, 1.82) is 0 Å². The Morgan fingerprint density at radius 2 is 1.75 bits per heavy atom. The van der Waals surface area contributed by atoms with Crippen molar-refractivity contribution in [3.05, 3.63) is 6.04 Å². The van der Waals surface area contributed by atoms with E-state index in [1.54, 1.807) is 0 Å². The van der Waals surface area contributed by atoms with E-state index in [4.69, 9.17) is 11.5 Å². The predicted molar refractivity (Wildman–Crippen MR) is 80.4 cm³/mol. The molecule has 0 atom stereocenters. The largest absolute Gasteiger partial charge is 0.451 e. The molecule has 0 saturated carbocycles. The van der Waals surface area contributed by atoms with Crippen molar-refractivity contribution in [2.75, 3.05) is 32.7 Å². The Morgan fingerprint density at radius 3 is 2.30 bits per heavy atom. The number of amides is 1. The van der Waals surface area contributed by atoms with Crippen molar-refractivity contribution < 1.29 is 9.79 Å². The Kier molecular flexibility index (Phi) is 7.36. The Hall–Kier alpha value is -1.30. The van der Waals surface area contributed by atoms with Gasteiger partial charge in [-0.1, -0.05) is 0 Å². The van der Waals surface area contributed by atoms with Crippen LogP contribution < -0.4 is 16.5 Å². The standard InChI is InChI=1S/C14H28N5O/c1-12(2)18-8-10-19(11-9-18)13(20)6-4-3-5-7-17-14(15)16/h3-11H2,1-2H3,(H4,15,16,17)/q-1/p+1. The first kappa shape index (κ1) is 16.8. The van der Waals surface area contributed by atoms with Crippen molar-refractivity contribution >= 4 is 11.9 Å². The van der Waals surface area contributed by atoms with Crippen LogP contribution in [0.4, 0.5) is 0 Å². The van der Waals surface area contributed by atoms with Gasteiger partial charge in [-0.2, -0.15) is 13.8 Å². The summed E-state index contributed by atoms with van der Waals surface area (Å²) < 4.78 is 0. The zero-order chi connectivity index (χ0) is 15.0. The van der Waals surface area contributed by atoms with Crippen LogP contribution in [0, 0.1) is 6.04 Å². The van der Waals surface area contributed by atoms with E-state index in [9.17, 15) is 4.79 Å². The first-order chi connectivity index (χ1) is 9.50. The lowest BCUT2D eigenvalue weighted by molar-refractivity contribution is -0.459. The van der Waals surface area contributed by atoms with E-state index in [0.717, 1.165) is 52.0 Å². The van der Waals surface area contributed by atoms with Gasteiger partial charge < -0.3 is 9.80 Å². The van der Waals surface area contributed by atoms with Crippen molar-refractivity contribution in [3.8, 4) is 0 Å². The van der Waals surface area contributed by atoms with Crippen LogP contribution in [-0.4, -0.2) is 54.4 Å². The fraction of sp³-hybridized carbons (Fsp3) is 0.786. The summed E-state index contributed by atoms with van der Waals surface area (Å²) in [4.78, 5) is 19.3. The second-order valence-electron chi connectivity index (χ2n) is 5.51. The molecule has 0 aliphatic carbocycles. The molecule has 116 valence electrons. The fourth-order valence-electron chi connectivity index (χ4n) is 2.37. The number of piperazine rings is 1. The van der Waals surface area contributed by atoms with E-state index < -0.39 is 0 Å². The van der Waals surface area contributed by atoms with Crippen LogP contribution in [0.1, 0.15) is 39.5 Å². The van der Waals surface area contributed by atoms with Gasteiger partial charge in [0.15, 0.2) is 0 Å². The van der Waals surface area contributed by atoms with E-state index in [1.165, 1.54) is 6.04 Å². The molecule has 0 aromatic rings. The van der Waals surface area contributed by atoms with Crippen LogP contribution in [0.5, 0.6) is 0 Å². The Balaban J connectivity index is 2.10. The summed E-state index contributed by atoms with van der Waals surface area (Å²) in [6, 6.07) is 1.33. The number of guanidine groups is 1. The molecule has 1 rings (SSSR count). The normalized spacial score (nSPS) is 16.4. The molecular formula is C14H29N5O. The summed E-state index contributed by atoms with van der Waals surface area (Å²) in [5.41, 5.74) is 10.6. The van der Waals surface area contributed by atoms with Gasteiger partial charge in [0, 0.05) is 19.5 Å². The molecule has 0 bridgehead atoms. The molecule has 1 heterocycles. The highest BCUT2D eigenvalue weighted by Gasteiger charge is 2.17. The van der Waals surface area contributed by atoms with Gasteiger partial charge in [-0.05, 0) is 32.4 Å². The van der Waals surface area contributed by atoms with Crippen molar-refractivity contribution in [1.82, 2.24) is 9.80 Å². The van der Waals surface area contributed by atoms with E-state index in [0.29, 0.717) is 6.42 Å². The molecule has 0 unspecified atom stereocenters. The Labute approximate surface area is 122 Å². The lowest BCUT2D eigenvalue weighted by Crippen LogP contribution is -2.78. The average molecular weight is 283 g/mol. The maximum atomic E-state index is 12.1. The Bertz CT molecular complexity index is 318. The van der Waals surface area contributed by atoms with Crippen molar-refractivity contribution in [3.63, 3.8) is 0 Å². The van der Waals surface area contributed by atoms with Crippen LogP contribution in [-0.2, 0) is 4.79 Å². The molecule has 1 aliphatic heterocycles. The predicted octanol–water partition coefficient (Wildman–Crippen LogP) is -1.38. The number of hydrogen-bond donors (Lipinski definition) is 3. The van der Waals surface area contributed by atoms with Gasteiger partial charge in [0.25, 0.3) is 0 Å². The lowest BCUT2D eigenvalue weighted by atomic mass is 10.1. The van der Waals surface area contributed by atoms with E-state index in [-0.39, 0.29) is 11.9 Å². The highest BCUT2D eigenvalue weighted by molar-refractivity contribution is 5.76. The molecule has 0 aromatic heterocycles. The molecular weight excluding hydrogens is 254 g/mol. The summed E-state index contributed by atoms with van der Waals surface area (Å²) >= 11 is 0. The van der Waals surface area contributed by atoms with Gasteiger partial charge in [0.05, 0.1) is 6.54 Å². The van der Waals surface area contributed by atoms with Crippen molar-refractivity contribution in [2.24, 2.45) is 11.5 Å². The van der Waals surface area contributed by atoms with Crippen LogP contribution in [0.3, 0.4) is 0 Å². The SMILES string of the molecule is C[C-](C)N1CCN(C(=O)CCCCC[NH+]=C(N)N)CC1. The van der Waals surface area contributed by atoms with Crippen LogP contribution in [0.15, 0.2) is 0 Å². The lowest BCUT2D eigenvalue weighted by Gasteiger charge is -2.45. The molecule has 1 aliphatic rings. The van der Waals surface area contributed by atoms with Crippen LogP contribution in [0.25, 0.3) is 0 Å². The molecule has 6 nitrogen and oxygen atoms in total. The fourth-order valence-corrected chi connectivity index (χ4v) is 2.37. The highest BCUT2D eigenvalue weighted by Crippen LogP contribution is 2.12. The maximum Gasteiger partial charge on any atom is 0.338 e. The van der Waals surface area contributed by atoms with Gasteiger partial charge in [-0.3, -0.25) is 27.3 Å². The number of nitrogens with one attached hydrogen (secondary N) is 1. The topological polar surface area (TPSA) is 89.6 Å². The first-order valence-electron chi connectivity index (χ1n) is 7.45. The van der Waals surface area contributed by atoms with E-state index in [2.05, 4.69) is 23.7 Å². The number of unbranched alkanes of at least 4 members (excludes halogenated alkanes) is 2. The van der Waals surface area contributed by atoms with Gasteiger partial charge in [0.1, 0.15) is 0 Å². The molecule has 0 aromatic carbocycles. The molecule has 1 fully saturated rings. The minimum absolute atomic E-state index is 0.266. The first-order valence-corrected chi connectivity index (χ1v) is 7.45. The quantitative estimate of drug-likeness (QED) is 0.232. The zero-order valence-electron chi connectivity index (χ0n) is 12.8. The third kappa shape index (κ3) is 6.23. The van der Waals surface area contributed by atoms with Crippen LogP contribution >= 0.6 is 0 Å². The third-order valence-electron chi connectivity index (χ3n) is 3.66. The molecule has 0 spiro atoms. The van der Waals surface area contributed by atoms with Crippen LogP contribution in [0.2, 0.25) is 0 Å². The summed E-state index contributed by atoms with van der Waals surface area (Å²) in [7, 11) is 0. The number of carbonyl (C=O) groups excluding carboxylic acids is 1. The highest BCUT2D eigenvalue weighted by atomic mass is 16.2. The van der Waals surface area contributed by atoms with Gasteiger partial charge in [-0.25, -0.2) is 0 Å². The second-order valence-corrected chi connectivity index (χ2v) is 5.51. The molecule has 6 heteroatoms. The monoisotopic (exact) mass is 283 g/mol. The smallest absolute Gasteiger partial charge is 0.338 e. The summed E-state index contributed by atoms with van der Waals surface area (Å²) in [6.45, 7) is 8.65. The molecule has 1 amide bonds. The number of nitrogens with two attached hydrogens (primary N) is 2. The van der Waals surface area contributed by atoms with Crippen molar-refractivity contribution in [2.45, 2.75) is 39.5 Å². The minimum atomic E-state index is 0.266. The summed E-state index contributed by atoms with van der Waals surface area (Å²) in [5, 5.41) is 0. The minimum Gasteiger partial charge on any atom is -0.451 e. The number of rotatable bonds is 7. The number of nitrogens with zero attached hydrogens (tertiary/aromatic N) is 2. The number of carbonyl (C=O) groups is 1. The summed E-state index contributed by atoms with van der Waals surface area (Å²) in [5.74, 6) is 0.554. The maximum absolute atomic E-state index is 12.1. The molecule has 0 radical (unpaired) electrons. The molecule has 1 saturated heterocycles. The Morgan fingerprint density at radius 1 is 1.10 bits per heavy atom. The van der Waals surface area contributed by atoms with E-state index >= 15 is 0 Å². The second kappa shape index (κ2) is 8.79. The zero-order valence-corrected chi connectivity index (χ0v) is 12.8. The third-order valence-corrected chi connectivity index (χ3v) is 3.66. The average Bonchev–Trinajstić information content (AvgIpc) is 2.42. The number of hydrogen-bond acceptors (Lipinski definition) is 2. The molecule has 5 N–H and O–H groups in total. The van der Waals surface area contributed by atoms with Gasteiger partial charge in [0.2, 0.25) is 5.91 Å².